The van der Waals surface area contributed by atoms with Crippen molar-refractivity contribution in [3.63, 3.8) is 0 Å². The molecule has 120 valence electrons. The molecule has 1 aromatic carbocycles. The zero-order chi connectivity index (χ0) is 16.1. The lowest BCUT2D eigenvalue weighted by Gasteiger charge is -2.24. The molecule has 0 unspecified atom stereocenters. The van der Waals surface area contributed by atoms with Gasteiger partial charge >= 0.3 is 0 Å². The Morgan fingerprint density at radius 2 is 1.76 bits per heavy atom. The fraction of sp³-hybridized carbons (Fsp3) is 0.538. The van der Waals surface area contributed by atoms with Crippen LogP contribution in [0.3, 0.4) is 0 Å². The summed E-state index contributed by atoms with van der Waals surface area (Å²) in [4.78, 5) is 0. The maximum Gasteiger partial charge on any atom is 0.232 e. The second-order valence-corrected chi connectivity index (χ2v) is 8.67. The van der Waals surface area contributed by atoms with E-state index in [2.05, 4.69) is 4.72 Å². The molecule has 1 rings (SSSR count). The fourth-order valence-electron chi connectivity index (χ4n) is 1.95. The van der Waals surface area contributed by atoms with E-state index in [1.54, 1.807) is 19.1 Å². The number of rotatable bonds is 8. The molecule has 0 heterocycles. The molecule has 1 N–H and O–H groups in total. The number of sulfonamides is 2. The normalized spacial score (nSPS) is 12.3. The van der Waals surface area contributed by atoms with E-state index in [0.717, 1.165) is 11.8 Å². The SMILES string of the molecule is CCCS(=O)(=O)NCCN(c1ccccc1C)S(C)(=O)=O. The minimum absolute atomic E-state index is 0.0379. The summed E-state index contributed by atoms with van der Waals surface area (Å²) in [6.07, 6.45) is 1.63. The third-order valence-electron chi connectivity index (χ3n) is 2.89. The van der Waals surface area contributed by atoms with Crippen LogP contribution in [0.1, 0.15) is 18.9 Å². The summed E-state index contributed by atoms with van der Waals surface area (Å²) in [6.45, 7) is 3.69. The lowest BCUT2D eigenvalue weighted by atomic mass is 10.2. The molecular weight excluding hydrogens is 312 g/mol. The van der Waals surface area contributed by atoms with Crippen molar-refractivity contribution >= 4 is 25.7 Å². The molecular formula is C13H22N2O4S2. The van der Waals surface area contributed by atoms with Gasteiger partial charge in [-0.15, -0.1) is 0 Å². The van der Waals surface area contributed by atoms with Gasteiger partial charge in [0, 0.05) is 13.1 Å². The van der Waals surface area contributed by atoms with E-state index in [-0.39, 0.29) is 18.8 Å². The summed E-state index contributed by atoms with van der Waals surface area (Å²) >= 11 is 0. The van der Waals surface area contributed by atoms with Crippen molar-refractivity contribution in [2.75, 3.05) is 29.4 Å². The van der Waals surface area contributed by atoms with Crippen molar-refractivity contribution in [2.45, 2.75) is 20.3 Å². The molecule has 6 nitrogen and oxygen atoms in total. The van der Waals surface area contributed by atoms with Gasteiger partial charge in [-0.3, -0.25) is 4.31 Å². The van der Waals surface area contributed by atoms with Crippen LogP contribution in [0, 0.1) is 6.92 Å². The molecule has 0 fully saturated rings. The topological polar surface area (TPSA) is 83.6 Å². The molecule has 0 bridgehead atoms. The molecule has 0 aliphatic rings. The van der Waals surface area contributed by atoms with Crippen molar-refractivity contribution in [3.8, 4) is 0 Å². The Hall–Kier alpha value is -1.12. The fourth-order valence-corrected chi connectivity index (χ4v) is 4.02. The number of aryl methyl sites for hydroxylation is 1. The maximum atomic E-state index is 11.9. The van der Waals surface area contributed by atoms with Gasteiger partial charge in [-0.25, -0.2) is 21.6 Å². The summed E-state index contributed by atoms with van der Waals surface area (Å²) < 4.78 is 50.6. The van der Waals surface area contributed by atoms with Gasteiger partial charge in [0.25, 0.3) is 0 Å². The van der Waals surface area contributed by atoms with Crippen LogP contribution < -0.4 is 9.03 Å². The smallest absolute Gasteiger partial charge is 0.232 e. The molecule has 0 spiro atoms. The number of hydrogen-bond donors (Lipinski definition) is 1. The highest BCUT2D eigenvalue weighted by Gasteiger charge is 2.19. The Bertz CT molecular complexity index is 669. The summed E-state index contributed by atoms with van der Waals surface area (Å²) in [7, 11) is -6.81. The number of anilines is 1. The van der Waals surface area contributed by atoms with Crippen LogP contribution in [0.4, 0.5) is 5.69 Å². The van der Waals surface area contributed by atoms with Gasteiger partial charge in [0.1, 0.15) is 0 Å². The number of para-hydroxylation sites is 1. The quantitative estimate of drug-likeness (QED) is 0.771. The van der Waals surface area contributed by atoms with E-state index < -0.39 is 20.0 Å². The second kappa shape index (κ2) is 7.24. The maximum absolute atomic E-state index is 11.9. The Labute approximate surface area is 127 Å². The van der Waals surface area contributed by atoms with Crippen molar-refractivity contribution in [1.82, 2.24) is 4.72 Å². The molecule has 21 heavy (non-hydrogen) atoms. The monoisotopic (exact) mass is 334 g/mol. The van der Waals surface area contributed by atoms with Crippen molar-refractivity contribution in [3.05, 3.63) is 29.8 Å². The number of nitrogens with zero attached hydrogens (tertiary/aromatic N) is 1. The molecule has 0 amide bonds. The van der Waals surface area contributed by atoms with E-state index in [9.17, 15) is 16.8 Å². The minimum Gasteiger partial charge on any atom is -0.269 e. The van der Waals surface area contributed by atoms with Gasteiger partial charge in [0.2, 0.25) is 20.0 Å². The van der Waals surface area contributed by atoms with Gasteiger partial charge in [-0.1, -0.05) is 25.1 Å². The minimum atomic E-state index is -3.47. The first-order chi connectivity index (χ1) is 9.67. The zero-order valence-corrected chi connectivity index (χ0v) is 14.2. The lowest BCUT2D eigenvalue weighted by Crippen LogP contribution is -2.39. The van der Waals surface area contributed by atoms with Crippen molar-refractivity contribution < 1.29 is 16.8 Å². The highest BCUT2D eigenvalue weighted by molar-refractivity contribution is 7.92. The Kier molecular flexibility index (Phi) is 6.18. The third kappa shape index (κ3) is 5.64. The summed E-state index contributed by atoms with van der Waals surface area (Å²) in [6, 6.07) is 7.09. The van der Waals surface area contributed by atoms with Crippen LogP contribution >= 0.6 is 0 Å². The Morgan fingerprint density at radius 3 is 2.29 bits per heavy atom. The Morgan fingerprint density at radius 1 is 1.14 bits per heavy atom. The van der Waals surface area contributed by atoms with Crippen molar-refractivity contribution in [2.24, 2.45) is 0 Å². The largest absolute Gasteiger partial charge is 0.269 e. The van der Waals surface area contributed by atoms with E-state index in [1.807, 2.05) is 19.1 Å². The molecule has 0 saturated carbocycles. The summed E-state index contributed by atoms with van der Waals surface area (Å²) in [5.41, 5.74) is 1.38. The van der Waals surface area contributed by atoms with Gasteiger partial charge in [0.05, 0.1) is 17.7 Å². The summed E-state index contributed by atoms with van der Waals surface area (Å²) in [5, 5.41) is 0. The number of nitrogens with one attached hydrogen (secondary N) is 1. The van der Waals surface area contributed by atoms with Gasteiger partial charge < -0.3 is 0 Å². The standard InChI is InChI=1S/C13H22N2O4S2/c1-4-11-21(18,19)14-9-10-15(20(3,16)17)13-8-6-5-7-12(13)2/h5-8,14H,4,9-11H2,1-3H3. The molecule has 0 aliphatic heterocycles. The highest BCUT2D eigenvalue weighted by atomic mass is 32.2. The van der Waals surface area contributed by atoms with Crippen LogP contribution in [-0.4, -0.2) is 41.9 Å². The molecule has 8 heteroatoms. The lowest BCUT2D eigenvalue weighted by molar-refractivity contribution is 0.577. The van der Waals surface area contributed by atoms with Crippen LogP contribution in [0.5, 0.6) is 0 Å². The van der Waals surface area contributed by atoms with Crippen LogP contribution in [0.15, 0.2) is 24.3 Å². The molecule has 0 radical (unpaired) electrons. The number of hydrogen-bond acceptors (Lipinski definition) is 4. The van der Waals surface area contributed by atoms with E-state index in [4.69, 9.17) is 0 Å². The van der Waals surface area contributed by atoms with Crippen LogP contribution in [0.2, 0.25) is 0 Å². The molecule has 0 atom stereocenters. The average molecular weight is 334 g/mol. The van der Waals surface area contributed by atoms with Gasteiger partial charge in [-0.2, -0.15) is 0 Å². The average Bonchev–Trinajstić information content (AvgIpc) is 2.34. The van der Waals surface area contributed by atoms with E-state index in [0.29, 0.717) is 12.1 Å². The van der Waals surface area contributed by atoms with Crippen LogP contribution in [-0.2, 0) is 20.0 Å². The molecule has 0 aromatic heterocycles. The predicted octanol–water partition coefficient (Wildman–Crippen LogP) is 1.09. The first kappa shape index (κ1) is 17.9. The van der Waals surface area contributed by atoms with E-state index >= 15 is 0 Å². The van der Waals surface area contributed by atoms with Crippen molar-refractivity contribution in [1.29, 1.82) is 0 Å². The number of benzene rings is 1. The molecule has 0 aliphatic carbocycles. The van der Waals surface area contributed by atoms with Gasteiger partial charge in [0.15, 0.2) is 0 Å². The third-order valence-corrected chi connectivity index (χ3v) is 5.66. The highest BCUT2D eigenvalue weighted by Crippen LogP contribution is 2.21. The van der Waals surface area contributed by atoms with Crippen LogP contribution in [0.25, 0.3) is 0 Å². The van der Waals surface area contributed by atoms with E-state index in [1.165, 1.54) is 4.31 Å². The zero-order valence-electron chi connectivity index (χ0n) is 12.5. The Balaban J connectivity index is 2.86. The molecule has 0 saturated heterocycles. The first-order valence-electron chi connectivity index (χ1n) is 6.68. The second-order valence-electron chi connectivity index (χ2n) is 4.83. The van der Waals surface area contributed by atoms with Gasteiger partial charge in [-0.05, 0) is 25.0 Å². The summed E-state index contributed by atoms with van der Waals surface area (Å²) in [5.74, 6) is 0.0379. The predicted molar refractivity (Wildman–Crippen MR) is 85.4 cm³/mol. The molecule has 1 aromatic rings. The first-order valence-corrected chi connectivity index (χ1v) is 10.2.